The Kier molecular flexibility index (Phi) is 4.71. The first-order chi connectivity index (χ1) is 10.9. The predicted molar refractivity (Wildman–Crippen MR) is 91.5 cm³/mol. The summed E-state index contributed by atoms with van der Waals surface area (Å²) in [6, 6.07) is 9.95. The second-order valence-electron chi connectivity index (χ2n) is 7.25. The molecule has 2 aliphatic heterocycles. The Labute approximate surface area is 138 Å². The van der Waals surface area contributed by atoms with Crippen LogP contribution in [0.4, 0.5) is 5.69 Å². The lowest BCUT2D eigenvalue weighted by molar-refractivity contribution is -0.122. The first-order valence-electron chi connectivity index (χ1n) is 8.49. The standard InChI is InChI=1S/C18H27N3O2/c1-18(2,23)14-19-10-12-20(13-11-19)16-8-9-21(17(16)22)15-6-4-3-5-7-15/h3-7,16,23H,8-14H2,1-2H3. The number of piperazine rings is 1. The largest absolute Gasteiger partial charge is 0.389 e. The Balaban J connectivity index is 1.57. The molecule has 1 unspecified atom stereocenters. The van der Waals surface area contributed by atoms with Crippen LogP contribution in [0.3, 0.4) is 0 Å². The van der Waals surface area contributed by atoms with Crippen molar-refractivity contribution in [2.75, 3.05) is 44.2 Å². The van der Waals surface area contributed by atoms with Gasteiger partial charge in [-0.2, -0.15) is 0 Å². The maximum Gasteiger partial charge on any atom is 0.244 e. The zero-order chi connectivity index (χ0) is 16.4. The molecule has 2 fully saturated rings. The Morgan fingerprint density at radius 2 is 1.74 bits per heavy atom. The number of hydrogen-bond acceptors (Lipinski definition) is 4. The number of nitrogens with zero attached hydrogens (tertiary/aromatic N) is 3. The van der Waals surface area contributed by atoms with E-state index >= 15 is 0 Å². The lowest BCUT2D eigenvalue weighted by atomic mass is 10.1. The molecule has 1 amide bonds. The van der Waals surface area contributed by atoms with Crippen molar-refractivity contribution < 1.29 is 9.90 Å². The molecule has 3 rings (SSSR count). The lowest BCUT2D eigenvalue weighted by Crippen LogP contribution is -2.54. The van der Waals surface area contributed by atoms with Crippen molar-refractivity contribution in [3.8, 4) is 0 Å². The second kappa shape index (κ2) is 6.59. The third kappa shape index (κ3) is 3.91. The molecule has 5 nitrogen and oxygen atoms in total. The number of carbonyl (C=O) groups is 1. The van der Waals surface area contributed by atoms with Crippen molar-refractivity contribution in [2.45, 2.75) is 31.9 Å². The van der Waals surface area contributed by atoms with Crippen molar-refractivity contribution in [3.05, 3.63) is 30.3 Å². The third-order valence-corrected chi connectivity index (χ3v) is 4.70. The summed E-state index contributed by atoms with van der Waals surface area (Å²) in [6.45, 7) is 8.81. The van der Waals surface area contributed by atoms with Gasteiger partial charge in [-0.05, 0) is 32.4 Å². The highest BCUT2D eigenvalue weighted by atomic mass is 16.3. The summed E-state index contributed by atoms with van der Waals surface area (Å²) in [6.07, 6.45) is 0.902. The van der Waals surface area contributed by atoms with E-state index in [-0.39, 0.29) is 11.9 Å². The van der Waals surface area contributed by atoms with Crippen LogP contribution in [0.2, 0.25) is 0 Å². The summed E-state index contributed by atoms with van der Waals surface area (Å²) < 4.78 is 0. The van der Waals surface area contributed by atoms with Gasteiger partial charge in [-0.15, -0.1) is 0 Å². The Hall–Kier alpha value is -1.43. The molecular weight excluding hydrogens is 290 g/mol. The van der Waals surface area contributed by atoms with Crippen molar-refractivity contribution in [2.24, 2.45) is 0 Å². The van der Waals surface area contributed by atoms with E-state index in [4.69, 9.17) is 0 Å². The highest BCUT2D eigenvalue weighted by Crippen LogP contribution is 2.25. The van der Waals surface area contributed by atoms with Gasteiger partial charge < -0.3 is 10.0 Å². The fourth-order valence-electron chi connectivity index (χ4n) is 3.65. The number of benzene rings is 1. The highest BCUT2D eigenvalue weighted by Gasteiger charge is 2.38. The number of carbonyl (C=O) groups excluding carboxylic acids is 1. The Morgan fingerprint density at radius 1 is 1.09 bits per heavy atom. The molecule has 0 spiro atoms. The van der Waals surface area contributed by atoms with Crippen LogP contribution in [0.5, 0.6) is 0 Å². The van der Waals surface area contributed by atoms with Gasteiger partial charge in [0, 0.05) is 45.0 Å². The van der Waals surface area contributed by atoms with Crippen molar-refractivity contribution in [3.63, 3.8) is 0 Å². The number of amides is 1. The van der Waals surface area contributed by atoms with Crippen LogP contribution in [0.1, 0.15) is 20.3 Å². The van der Waals surface area contributed by atoms with Gasteiger partial charge in [-0.3, -0.25) is 14.6 Å². The van der Waals surface area contributed by atoms with Crippen LogP contribution in [-0.2, 0) is 4.79 Å². The van der Waals surface area contributed by atoms with E-state index in [9.17, 15) is 9.90 Å². The summed E-state index contributed by atoms with van der Waals surface area (Å²) in [5, 5.41) is 9.93. The average Bonchev–Trinajstić information content (AvgIpc) is 2.89. The highest BCUT2D eigenvalue weighted by molar-refractivity contribution is 5.99. The Morgan fingerprint density at radius 3 is 2.35 bits per heavy atom. The molecule has 2 saturated heterocycles. The second-order valence-corrected chi connectivity index (χ2v) is 7.25. The fourth-order valence-corrected chi connectivity index (χ4v) is 3.65. The normalized spacial score (nSPS) is 24.4. The summed E-state index contributed by atoms with van der Waals surface area (Å²) in [5.74, 6) is 0.229. The zero-order valence-electron chi connectivity index (χ0n) is 14.1. The van der Waals surface area contributed by atoms with Gasteiger partial charge in [0.25, 0.3) is 0 Å². The quantitative estimate of drug-likeness (QED) is 0.906. The predicted octanol–water partition coefficient (Wildman–Crippen LogP) is 1.18. The zero-order valence-corrected chi connectivity index (χ0v) is 14.1. The van der Waals surface area contributed by atoms with Crippen molar-refractivity contribution in [1.82, 2.24) is 9.80 Å². The van der Waals surface area contributed by atoms with E-state index in [1.165, 1.54) is 0 Å². The molecule has 0 aliphatic carbocycles. The van der Waals surface area contributed by atoms with E-state index < -0.39 is 5.60 Å². The van der Waals surface area contributed by atoms with E-state index in [1.54, 1.807) is 0 Å². The van der Waals surface area contributed by atoms with E-state index in [2.05, 4.69) is 9.80 Å². The van der Waals surface area contributed by atoms with Gasteiger partial charge in [-0.25, -0.2) is 0 Å². The van der Waals surface area contributed by atoms with Gasteiger partial charge in [0.15, 0.2) is 0 Å². The molecule has 0 radical (unpaired) electrons. The first-order valence-corrected chi connectivity index (χ1v) is 8.49. The molecule has 0 saturated carbocycles. The van der Waals surface area contributed by atoms with E-state index in [0.29, 0.717) is 6.54 Å². The van der Waals surface area contributed by atoms with Crippen LogP contribution in [-0.4, -0.2) is 71.7 Å². The molecule has 1 atom stereocenters. The lowest BCUT2D eigenvalue weighted by Gasteiger charge is -2.39. The summed E-state index contributed by atoms with van der Waals surface area (Å²) in [7, 11) is 0. The number of aliphatic hydroxyl groups is 1. The molecule has 1 N–H and O–H groups in total. The van der Waals surface area contributed by atoms with Gasteiger partial charge in [0.05, 0.1) is 11.6 Å². The number of anilines is 1. The van der Waals surface area contributed by atoms with Gasteiger partial charge in [-0.1, -0.05) is 18.2 Å². The van der Waals surface area contributed by atoms with Crippen LogP contribution in [0.25, 0.3) is 0 Å². The molecule has 0 aromatic heterocycles. The van der Waals surface area contributed by atoms with Crippen molar-refractivity contribution >= 4 is 11.6 Å². The van der Waals surface area contributed by atoms with Crippen LogP contribution in [0.15, 0.2) is 30.3 Å². The van der Waals surface area contributed by atoms with Gasteiger partial charge in [0.2, 0.25) is 5.91 Å². The molecule has 5 heteroatoms. The summed E-state index contributed by atoms with van der Waals surface area (Å²) >= 11 is 0. The topological polar surface area (TPSA) is 47.0 Å². The fraction of sp³-hybridized carbons (Fsp3) is 0.611. The van der Waals surface area contributed by atoms with E-state index in [0.717, 1.165) is 44.8 Å². The van der Waals surface area contributed by atoms with Crippen LogP contribution < -0.4 is 4.90 Å². The molecule has 0 bridgehead atoms. The third-order valence-electron chi connectivity index (χ3n) is 4.70. The minimum absolute atomic E-state index is 0.0134. The van der Waals surface area contributed by atoms with Gasteiger partial charge >= 0.3 is 0 Å². The smallest absolute Gasteiger partial charge is 0.244 e. The minimum Gasteiger partial charge on any atom is -0.389 e. The van der Waals surface area contributed by atoms with Crippen LogP contribution >= 0.6 is 0 Å². The minimum atomic E-state index is -0.657. The molecular formula is C18H27N3O2. The molecule has 126 valence electrons. The Bertz CT molecular complexity index is 533. The maximum absolute atomic E-state index is 12.7. The summed E-state index contributed by atoms with van der Waals surface area (Å²) in [4.78, 5) is 19.3. The molecule has 2 heterocycles. The summed E-state index contributed by atoms with van der Waals surface area (Å²) in [5.41, 5.74) is 0.343. The number of hydrogen-bond donors (Lipinski definition) is 1. The SMILES string of the molecule is CC(C)(O)CN1CCN(C2CCN(c3ccccc3)C2=O)CC1. The molecule has 2 aliphatic rings. The number of rotatable bonds is 4. The first kappa shape index (κ1) is 16.4. The average molecular weight is 317 g/mol. The molecule has 23 heavy (non-hydrogen) atoms. The van der Waals surface area contributed by atoms with E-state index in [1.807, 2.05) is 49.1 Å². The monoisotopic (exact) mass is 317 g/mol. The number of para-hydroxylation sites is 1. The molecule has 1 aromatic rings. The van der Waals surface area contributed by atoms with Crippen molar-refractivity contribution in [1.29, 1.82) is 0 Å². The number of β-amino-alcohol motifs (C(OH)–C–C–N with tert-alkyl or cyclic N) is 1. The van der Waals surface area contributed by atoms with Gasteiger partial charge in [0.1, 0.15) is 0 Å². The molecule has 1 aromatic carbocycles. The maximum atomic E-state index is 12.7. The van der Waals surface area contributed by atoms with Crippen LogP contribution in [0, 0.1) is 0 Å².